The fourth-order valence-corrected chi connectivity index (χ4v) is 2.84. The molecule has 0 bridgehead atoms. The highest BCUT2D eigenvalue weighted by atomic mass is 79.9. The Bertz CT molecular complexity index is 638. The van der Waals surface area contributed by atoms with Gasteiger partial charge in [0.25, 0.3) is 0 Å². The molecule has 2 aromatic rings. The van der Waals surface area contributed by atoms with E-state index in [4.69, 9.17) is 18.0 Å². The summed E-state index contributed by atoms with van der Waals surface area (Å²) in [4.78, 5) is 0.394. The van der Waals surface area contributed by atoms with E-state index in [1.165, 1.54) is 5.56 Å². The Morgan fingerprint density at radius 2 is 1.85 bits per heavy atom. The number of nitrogens with one attached hydrogen (secondary N) is 1. The fraction of sp³-hybridized carbons (Fsp3) is 0.188. The van der Waals surface area contributed by atoms with E-state index in [0.717, 1.165) is 21.4 Å². The first kappa shape index (κ1) is 15.0. The molecule has 0 aliphatic heterocycles. The van der Waals surface area contributed by atoms with Gasteiger partial charge in [-0.15, -0.1) is 0 Å². The lowest BCUT2D eigenvalue weighted by Crippen LogP contribution is -2.10. The molecule has 0 aliphatic carbocycles. The van der Waals surface area contributed by atoms with Crippen LogP contribution in [0.2, 0.25) is 0 Å². The molecule has 0 aliphatic rings. The summed E-state index contributed by atoms with van der Waals surface area (Å²) in [5.41, 5.74) is 9.89. The standard InChI is InChI=1S/C16H17BrN2S/c1-10(2)11-4-3-5-12(8-11)19-13-6-7-14(16(18)20)15(17)9-13/h3-10,19H,1-2H3,(H2,18,20). The van der Waals surface area contributed by atoms with E-state index < -0.39 is 0 Å². The van der Waals surface area contributed by atoms with Crippen LogP contribution >= 0.6 is 28.1 Å². The van der Waals surface area contributed by atoms with Crippen molar-refractivity contribution < 1.29 is 0 Å². The number of hydrogen-bond donors (Lipinski definition) is 2. The molecular formula is C16H17BrN2S. The Morgan fingerprint density at radius 3 is 2.45 bits per heavy atom. The van der Waals surface area contributed by atoms with Gasteiger partial charge in [-0.2, -0.15) is 0 Å². The molecule has 0 spiro atoms. The topological polar surface area (TPSA) is 38.0 Å². The summed E-state index contributed by atoms with van der Waals surface area (Å²) in [6.45, 7) is 4.37. The van der Waals surface area contributed by atoms with Gasteiger partial charge in [-0.05, 0) is 57.7 Å². The fourth-order valence-electron chi connectivity index (χ4n) is 1.93. The zero-order chi connectivity index (χ0) is 14.7. The molecule has 0 fully saturated rings. The first-order valence-corrected chi connectivity index (χ1v) is 7.64. The van der Waals surface area contributed by atoms with E-state index in [1.54, 1.807) is 0 Å². The van der Waals surface area contributed by atoms with Crippen LogP contribution in [-0.4, -0.2) is 4.99 Å². The van der Waals surface area contributed by atoms with Crippen LogP contribution in [0, 0.1) is 0 Å². The molecular weight excluding hydrogens is 332 g/mol. The highest BCUT2D eigenvalue weighted by molar-refractivity contribution is 9.10. The zero-order valence-electron chi connectivity index (χ0n) is 11.5. The van der Waals surface area contributed by atoms with Gasteiger partial charge in [-0.3, -0.25) is 0 Å². The summed E-state index contributed by atoms with van der Waals surface area (Å²) >= 11 is 8.49. The van der Waals surface area contributed by atoms with Gasteiger partial charge in [0, 0.05) is 21.4 Å². The monoisotopic (exact) mass is 348 g/mol. The molecule has 0 amide bonds. The van der Waals surface area contributed by atoms with Gasteiger partial charge in [0.05, 0.1) is 0 Å². The molecule has 0 radical (unpaired) electrons. The van der Waals surface area contributed by atoms with Crippen LogP contribution < -0.4 is 11.1 Å². The van der Waals surface area contributed by atoms with Gasteiger partial charge in [0.2, 0.25) is 0 Å². The number of thiocarbonyl (C=S) groups is 1. The highest BCUT2D eigenvalue weighted by Crippen LogP contribution is 2.26. The van der Waals surface area contributed by atoms with Crippen molar-refractivity contribution in [3.63, 3.8) is 0 Å². The lowest BCUT2D eigenvalue weighted by molar-refractivity contribution is 0.867. The van der Waals surface area contributed by atoms with Crippen LogP contribution in [0.25, 0.3) is 0 Å². The van der Waals surface area contributed by atoms with E-state index in [1.807, 2.05) is 18.2 Å². The molecule has 2 nitrogen and oxygen atoms in total. The Morgan fingerprint density at radius 1 is 1.15 bits per heavy atom. The largest absolute Gasteiger partial charge is 0.389 e. The molecule has 2 rings (SSSR count). The van der Waals surface area contributed by atoms with Crippen molar-refractivity contribution in [1.29, 1.82) is 0 Å². The average Bonchev–Trinajstić information content (AvgIpc) is 2.38. The first-order chi connectivity index (χ1) is 9.47. The number of benzene rings is 2. The normalized spacial score (nSPS) is 10.6. The number of hydrogen-bond acceptors (Lipinski definition) is 2. The summed E-state index contributed by atoms with van der Waals surface area (Å²) in [5.74, 6) is 0.514. The summed E-state index contributed by atoms with van der Waals surface area (Å²) in [6, 6.07) is 14.3. The van der Waals surface area contributed by atoms with Gasteiger partial charge in [-0.1, -0.05) is 38.2 Å². The van der Waals surface area contributed by atoms with E-state index in [2.05, 4.69) is 59.4 Å². The van der Waals surface area contributed by atoms with E-state index >= 15 is 0 Å². The van der Waals surface area contributed by atoms with Crippen molar-refractivity contribution in [2.24, 2.45) is 5.73 Å². The predicted molar refractivity (Wildman–Crippen MR) is 93.8 cm³/mol. The Kier molecular flexibility index (Phi) is 4.78. The minimum Gasteiger partial charge on any atom is -0.389 e. The summed E-state index contributed by atoms with van der Waals surface area (Å²) in [5, 5.41) is 3.39. The van der Waals surface area contributed by atoms with Crippen molar-refractivity contribution in [1.82, 2.24) is 0 Å². The third kappa shape index (κ3) is 3.58. The lowest BCUT2D eigenvalue weighted by Gasteiger charge is -2.12. The van der Waals surface area contributed by atoms with Crippen molar-refractivity contribution in [2.75, 3.05) is 5.32 Å². The second kappa shape index (κ2) is 6.37. The molecule has 104 valence electrons. The second-order valence-corrected chi connectivity index (χ2v) is 6.26. The minimum absolute atomic E-state index is 0.394. The quantitative estimate of drug-likeness (QED) is 0.767. The smallest absolute Gasteiger partial charge is 0.105 e. The third-order valence-electron chi connectivity index (χ3n) is 3.08. The van der Waals surface area contributed by atoms with Gasteiger partial charge in [0.1, 0.15) is 4.99 Å². The number of halogens is 1. The maximum absolute atomic E-state index is 5.65. The van der Waals surface area contributed by atoms with Crippen molar-refractivity contribution >= 4 is 44.5 Å². The Hall–Kier alpha value is -1.39. The Balaban J connectivity index is 2.24. The first-order valence-electron chi connectivity index (χ1n) is 6.43. The van der Waals surface area contributed by atoms with Gasteiger partial charge < -0.3 is 11.1 Å². The second-order valence-electron chi connectivity index (χ2n) is 4.96. The van der Waals surface area contributed by atoms with E-state index in [9.17, 15) is 0 Å². The Labute approximate surface area is 133 Å². The molecule has 0 atom stereocenters. The molecule has 0 heterocycles. The number of nitrogens with two attached hydrogens (primary N) is 1. The van der Waals surface area contributed by atoms with Crippen LogP contribution in [-0.2, 0) is 0 Å². The van der Waals surface area contributed by atoms with Gasteiger partial charge in [-0.25, -0.2) is 0 Å². The van der Waals surface area contributed by atoms with Crippen LogP contribution in [0.5, 0.6) is 0 Å². The molecule has 3 N–H and O–H groups in total. The molecule has 4 heteroatoms. The predicted octanol–water partition coefficient (Wildman–Crippen LogP) is 4.95. The van der Waals surface area contributed by atoms with Crippen molar-refractivity contribution in [3.8, 4) is 0 Å². The van der Waals surface area contributed by atoms with Gasteiger partial charge >= 0.3 is 0 Å². The zero-order valence-corrected chi connectivity index (χ0v) is 13.9. The third-order valence-corrected chi connectivity index (χ3v) is 3.95. The summed E-state index contributed by atoms with van der Waals surface area (Å²) < 4.78 is 0.898. The highest BCUT2D eigenvalue weighted by Gasteiger charge is 2.05. The molecule has 0 saturated heterocycles. The van der Waals surface area contributed by atoms with Crippen LogP contribution in [0.4, 0.5) is 11.4 Å². The summed E-state index contributed by atoms with van der Waals surface area (Å²) in [6.07, 6.45) is 0. The van der Waals surface area contributed by atoms with E-state index in [-0.39, 0.29) is 0 Å². The van der Waals surface area contributed by atoms with E-state index in [0.29, 0.717) is 10.9 Å². The van der Waals surface area contributed by atoms with Crippen LogP contribution in [0.1, 0.15) is 30.9 Å². The maximum atomic E-state index is 5.65. The molecule has 20 heavy (non-hydrogen) atoms. The number of rotatable bonds is 4. The minimum atomic E-state index is 0.394. The van der Waals surface area contributed by atoms with Crippen molar-refractivity contribution in [3.05, 3.63) is 58.1 Å². The summed E-state index contributed by atoms with van der Waals surface area (Å²) in [7, 11) is 0. The molecule has 0 unspecified atom stereocenters. The van der Waals surface area contributed by atoms with Crippen LogP contribution in [0.15, 0.2) is 46.9 Å². The average molecular weight is 349 g/mol. The molecule has 0 aromatic heterocycles. The molecule has 0 saturated carbocycles. The van der Waals surface area contributed by atoms with Crippen LogP contribution in [0.3, 0.4) is 0 Å². The SMILES string of the molecule is CC(C)c1cccc(Nc2ccc(C(N)=S)c(Br)c2)c1. The van der Waals surface area contributed by atoms with Crippen molar-refractivity contribution in [2.45, 2.75) is 19.8 Å². The molecule has 2 aromatic carbocycles. The maximum Gasteiger partial charge on any atom is 0.105 e. The van der Waals surface area contributed by atoms with Gasteiger partial charge in [0.15, 0.2) is 0 Å². The lowest BCUT2D eigenvalue weighted by atomic mass is 10.0. The number of anilines is 2.